The Hall–Kier alpha value is -3.03. The maximum Gasteiger partial charge on any atom is 0.269 e. The van der Waals surface area contributed by atoms with Gasteiger partial charge in [-0.05, 0) is 24.6 Å². The smallest absolute Gasteiger partial charge is 0.269 e. The molecule has 102 valence electrons. The molecule has 0 radical (unpaired) electrons. The Labute approximate surface area is 113 Å². The van der Waals surface area contributed by atoms with Crippen LogP contribution in [0.15, 0.2) is 40.2 Å². The molecule has 0 aliphatic heterocycles. The van der Waals surface area contributed by atoms with E-state index in [-0.39, 0.29) is 17.2 Å². The Kier molecular flexibility index (Phi) is 3.85. The molecule has 0 amide bonds. The molecule has 0 atom stereocenters. The number of hydrazone groups is 1. The van der Waals surface area contributed by atoms with Crippen LogP contribution in [0.1, 0.15) is 11.3 Å². The van der Waals surface area contributed by atoms with E-state index >= 15 is 0 Å². The van der Waals surface area contributed by atoms with E-state index in [1.165, 1.54) is 24.4 Å². The summed E-state index contributed by atoms with van der Waals surface area (Å²) in [5.41, 5.74) is 3.57. The number of aryl methyl sites for hydroxylation is 1. The van der Waals surface area contributed by atoms with Crippen LogP contribution in [-0.2, 0) is 0 Å². The highest BCUT2D eigenvalue weighted by atomic mass is 16.6. The van der Waals surface area contributed by atoms with Gasteiger partial charge >= 0.3 is 0 Å². The first-order valence-corrected chi connectivity index (χ1v) is 5.66. The van der Waals surface area contributed by atoms with Crippen LogP contribution in [0.25, 0.3) is 0 Å². The number of H-pyrrole nitrogens is 1. The Morgan fingerprint density at radius 2 is 2.10 bits per heavy atom. The number of nitro benzene ring substituents is 1. The van der Waals surface area contributed by atoms with Crippen LogP contribution in [-0.4, -0.2) is 21.1 Å². The van der Waals surface area contributed by atoms with Gasteiger partial charge in [0.15, 0.2) is 0 Å². The summed E-state index contributed by atoms with van der Waals surface area (Å²) >= 11 is 0. The molecule has 1 aromatic carbocycles. The van der Waals surface area contributed by atoms with Crippen molar-refractivity contribution in [1.29, 1.82) is 0 Å². The topological polar surface area (TPSA) is 113 Å². The van der Waals surface area contributed by atoms with Gasteiger partial charge in [0.25, 0.3) is 11.2 Å². The van der Waals surface area contributed by atoms with Crippen molar-refractivity contribution in [3.8, 4) is 0 Å². The largest absolute Gasteiger partial charge is 0.291 e. The second-order valence-electron chi connectivity index (χ2n) is 3.95. The van der Waals surface area contributed by atoms with E-state index in [1.807, 2.05) is 0 Å². The normalized spacial score (nSPS) is 10.7. The van der Waals surface area contributed by atoms with Gasteiger partial charge in [-0.15, -0.1) is 0 Å². The Morgan fingerprint density at radius 3 is 2.70 bits per heavy atom. The summed E-state index contributed by atoms with van der Waals surface area (Å²) in [6.45, 7) is 1.69. The van der Waals surface area contributed by atoms with E-state index in [0.29, 0.717) is 11.3 Å². The summed E-state index contributed by atoms with van der Waals surface area (Å²) in [5.74, 6) is 0.230. The molecule has 1 heterocycles. The number of aromatic amines is 1. The average Bonchev–Trinajstić information content (AvgIpc) is 2.38. The number of aromatic nitrogens is 2. The molecule has 0 fully saturated rings. The fraction of sp³-hybridized carbons (Fsp3) is 0.0833. The molecular weight excluding hydrogens is 262 g/mol. The standard InChI is InChI=1S/C12H11N5O3/c1-8-6-11(18)15-12(14-8)16-13-7-9-2-4-10(5-3-9)17(19)20/h2-7H,1H3,(H2,14,15,16,18)/b13-7+. The van der Waals surface area contributed by atoms with Crippen molar-refractivity contribution >= 4 is 17.9 Å². The van der Waals surface area contributed by atoms with E-state index in [9.17, 15) is 14.9 Å². The first-order chi connectivity index (χ1) is 9.54. The van der Waals surface area contributed by atoms with Gasteiger partial charge in [-0.1, -0.05) is 0 Å². The van der Waals surface area contributed by atoms with Crippen molar-refractivity contribution in [2.45, 2.75) is 6.92 Å². The fourth-order valence-corrected chi connectivity index (χ4v) is 1.48. The molecule has 2 aromatic rings. The lowest BCUT2D eigenvalue weighted by Crippen LogP contribution is -2.10. The first kappa shape index (κ1) is 13.4. The Bertz CT molecular complexity index is 706. The molecule has 8 heteroatoms. The van der Waals surface area contributed by atoms with Crippen molar-refractivity contribution in [3.63, 3.8) is 0 Å². The number of hydrogen-bond donors (Lipinski definition) is 2. The van der Waals surface area contributed by atoms with Gasteiger partial charge in [-0.2, -0.15) is 5.10 Å². The highest BCUT2D eigenvalue weighted by molar-refractivity contribution is 5.80. The van der Waals surface area contributed by atoms with E-state index in [2.05, 4.69) is 20.5 Å². The van der Waals surface area contributed by atoms with Crippen LogP contribution in [0.4, 0.5) is 11.6 Å². The van der Waals surface area contributed by atoms with Crippen LogP contribution in [0.5, 0.6) is 0 Å². The van der Waals surface area contributed by atoms with Crippen molar-refractivity contribution < 1.29 is 4.92 Å². The van der Waals surface area contributed by atoms with E-state index in [1.54, 1.807) is 19.1 Å². The third-order valence-electron chi connectivity index (χ3n) is 2.36. The highest BCUT2D eigenvalue weighted by Crippen LogP contribution is 2.10. The molecule has 8 nitrogen and oxygen atoms in total. The first-order valence-electron chi connectivity index (χ1n) is 5.66. The molecule has 20 heavy (non-hydrogen) atoms. The predicted molar refractivity (Wildman–Crippen MR) is 73.9 cm³/mol. The summed E-state index contributed by atoms with van der Waals surface area (Å²) in [7, 11) is 0. The van der Waals surface area contributed by atoms with Crippen molar-refractivity contribution in [2.24, 2.45) is 5.10 Å². The van der Waals surface area contributed by atoms with E-state index < -0.39 is 4.92 Å². The van der Waals surface area contributed by atoms with Gasteiger partial charge in [-0.25, -0.2) is 10.4 Å². The number of nitrogens with one attached hydrogen (secondary N) is 2. The molecule has 2 N–H and O–H groups in total. The van der Waals surface area contributed by atoms with Crippen LogP contribution in [0.2, 0.25) is 0 Å². The second-order valence-corrected chi connectivity index (χ2v) is 3.95. The number of non-ortho nitro benzene ring substituents is 1. The molecular formula is C12H11N5O3. The number of rotatable bonds is 4. The van der Waals surface area contributed by atoms with Crippen LogP contribution in [0.3, 0.4) is 0 Å². The van der Waals surface area contributed by atoms with Crippen LogP contribution in [0, 0.1) is 17.0 Å². The lowest BCUT2D eigenvalue weighted by molar-refractivity contribution is -0.384. The summed E-state index contributed by atoms with van der Waals surface area (Å²) in [6, 6.07) is 7.26. The van der Waals surface area contributed by atoms with Crippen molar-refractivity contribution in [2.75, 3.05) is 5.43 Å². The minimum absolute atomic E-state index is 0.0137. The number of benzene rings is 1. The molecule has 0 saturated carbocycles. The zero-order valence-electron chi connectivity index (χ0n) is 10.5. The SMILES string of the molecule is Cc1cc(=O)[nH]c(N/N=C/c2ccc([N+](=O)[O-])cc2)n1. The molecule has 0 aliphatic rings. The zero-order chi connectivity index (χ0) is 14.5. The quantitative estimate of drug-likeness (QED) is 0.497. The molecule has 0 saturated heterocycles. The fourth-order valence-electron chi connectivity index (χ4n) is 1.48. The van der Waals surface area contributed by atoms with E-state index in [0.717, 1.165) is 0 Å². The third-order valence-corrected chi connectivity index (χ3v) is 2.36. The molecule has 2 rings (SSSR count). The zero-order valence-corrected chi connectivity index (χ0v) is 10.5. The molecule has 1 aromatic heterocycles. The summed E-state index contributed by atoms with van der Waals surface area (Å²) in [4.78, 5) is 27.7. The van der Waals surface area contributed by atoms with Gasteiger partial charge in [0.1, 0.15) is 0 Å². The van der Waals surface area contributed by atoms with Gasteiger partial charge in [-0.3, -0.25) is 19.9 Å². The van der Waals surface area contributed by atoms with Gasteiger partial charge in [0.05, 0.1) is 11.1 Å². The lowest BCUT2D eigenvalue weighted by atomic mass is 10.2. The molecule has 0 aliphatic carbocycles. The minimum atomic E-state index is -0.472. The highest BCUT2D eigenvalue weighted by Gasteiger charge is 2.02. The summed E-state index contributed by atoms with van der Waals surface area (Å²) in [6.07, 6.45) is 1.46. The van der Waals surface area contributed by atoms with Crippen LogP contribution >= 0.6 is 0 Å². The van der Waals surface area contributed by atoms with Gasteiger partial charge < -0.3 is 0 Å². The molecule has 0 spiro atoms. The monoisotopic (exact) mass is 273 g/mol. The summed E-state index contributed by atoms with van der Waals surface area (Å²) < 4.78 is 0. The average molecular weight is 273 g/mol. The molecule has 0 unspecified atom stereocenters. The van der Waals surface area contributed by atoms with Gasteiger partial charge in [0, 0.05) is 23.9 Å². The van der Waals surface area contributed by atoms with E-state index in [4.69, 9.17) is 0 Å². The Morgan fingerprint density at radius 1 is 1.40 bits per heavy atom. The number of nitro groups is 1. The number of anilines is 1. The minimum Gasteiger partial charge on any atom is -0.291 e. The van der Waals surface area contributed by atoms with Gasteiger partial charge in [0.2, 0.25) is 5.95 Å². The maximum atomic E-state index is 11.2. The summed E-state index contributed by atoms with van der Waals surface area (Å²) in [5, 5.41) is 14.4. The number of nitrogens with zero attached hydrogens (tertiary/aromatic N) is 3. The third kappa shape index (κ3) is 3.48. The maximum absolute atomic E-state index is 11.2. The molecule has 0 bridgehead atoms. The predicted octanol–water partition coefficient (Wildman–Crippen LogP) is 1.43. The number of hydrogen-bond acceptors (Lipinski definition) is 6. The van der Waals surface area contributed by atoms with Crippen molar-refractivity contribution in [1.82, 2.24) is 9.97 Å². The van der Waals surface area contributed by atoms with Crippen molar-refractivity contribution in [3.05, 3.63) is 62.1 Å². The Balaban J connectivity index is 2.06. The van der Waals surface area contributed by atoms with Crippen LogP contribution < -0.4 is 11.0 Å². The second kappa shape index (κ2) is 5.74. The lowest BCUT2D eigenvalue weighted by Gasteiger charge is -1.99.